The molecule has 0 fully saturated rings. The van der Waals surface area contributed by atoms with Crippen LogP contribution in [0.25, 0.3) is 0 Å². The zero-order chi connectivity index (χ0) is 11.5. The topological polar surface area (TPSA) is 53.1 Å². The van der Waals surface area contributed by atoms with Gasteiger partial charge in [-0.15, -0.1) is 0 Å². The smallest absolute Gasteiger partial charge is 0.110 e. The summed E-state index contributed by atoms with van der Waals surface area (Å²) in [5.41, 5.74) is 5.81. The zero-order valence-corrected chi connectivity index (χ0v) is 10.0. The molecular formula is C11H21N3O. The molecule has 4 heteroatoms. The van der Waals surface area contributed by atoms with Crippen molar-refractivity contribution in [2.75, 3.05) is 6.61 Å². The summed E-state index contributed by atoms with van der Waals surface area (Å²) in [4.78, 5) is 4.26. The van der Waals surface area contributed by atoms with E-state index in [4.69, 9.17) is 10.5 Å². The van der Waals surface area contributed by atoms with E-state index in [-0.39, 0.29) is 11.6 Å². The summed E-state index contributed by atoms with van der Waals surface area (Å²) in [5, 5.41) is 0. The lowest BCUT2D eigenvalue weighted by atomic mass is 9.96. The van der Waals surface area contributed by atoms with Crippen molar-refractivity contribution in [2.45, 2.75) is 38.8 Å². The van der Waals surface area contributed by atoms with Crippen LogP contribution in [0.3, 0.4) is 0 Å². The maximum atomic E-state index is 6.12. The van der Waals surface area contributed by atoms with Crippen LogP contribution in [0, 0.1) is 0 Å². The fourth-order valence-corrected chi connectivity index (χ4v) is 1.51. The lowest BCUT2D eigenvalue weighted by molar-refractivity contribution is -0.0293. The Balaban J connectivity index is 2.63. The van der Waals surface area contributed by atoms with E-state index in [1.54, 1.807) is 6.20 Å². The molecule has 0 aliphatic rings. The van der Waals surface area contributed by atoms with E-state index >= 15 is 0 Å². The highest BCUT2D eigenvalue weighted by Gasteiger charge is 2.27. The zero-order valence-electron chi connectivity index (χ0n) is 10.0. The van der Waals surface area contributed by atoms with Crippen LogP contribution in [-0.2, 0) is 18.2 Å². The number of rotatable bonds is 5. The van der Waals surface area contributed by atoms with Gasteiger partial charge in [-0.05, 0) is 20.8 Å². The molecule has 1 rings (SSSR count). The summed E-state index contributed by atoms with van der Waals surface area (Å²) in [6.07, 6.45) is 4.45. The summed E-state index contributed by atoms with van der Waals surface area (Å²) in [7, 11) is 1.97. The SMILES string of the molecule is CCOC(C)(C)C(N)Cc1nccn1C. The van der Waals surface area contributed by atoms with E-state index < -0.39 is 0 Å². The first-order chi connectivity index (χ1) is 6.97. The number of imidazole rings is 1. The number of nitrogens with two attached hydrogens (primary N) is 1. The molecule has 0 saturated carbocycles. The summed E-state index contributed by atoms with van der Waals surface area (Å²) < 4.78 is 7.61. The van der Waals surface area contributed by atoms with E-state index in [0.717, 1.165) is 12.2 Å². The number of aryl methyl sites for hydroxylation is 1. The molecule has 1 aromatic rings. The summed E-state index contributed by atoms with van der Waals surface area (Å²) >= 11 is 0. The van der Waals surface area contributed by atoms with Gasteiger partial charge in [0.05, 0.1) is 5.60 Å². The molecule has 0 aliphatic heterocycles. The van der Waals surface area contributed by atoms with Crippen LogP contribution in [0.4, 0.5) is 0 Å². The molecule has 0 aromatic carbocycles. The van der Waals surface area contributed by atoms with Crippen LogP contribution in [0.15, 0.2) is 12.4 Å². The van der Waals surface area contributed by atoms with Crippen molar-refractivity contribution in [1.82, 2.24) is 9.55 Å². The van der Waals surface area contributed by atoms with E-state index in [2.05, 4.69) is 4.98 Å². The van der Waals surface area contributed by atoms with Crippen LogP contribution in [-0.4, -0.2) is 27.8 Å². The molecule has 0 spiro atoms. The summed E-state index contributed by atoms with van der Waals surface area (Å²) in [6, 6.07) is -0.0430. The highest BCUT2D eigenvalue weighted by Crippen LogP contribution is 2.16. The Labute approximate surface area is 91.4 Å². The number of hydrogen-bond acceptors (Lipinski definition) is 3. The molecule has 0 saturated heterocycles. The molecule has 15 heavy (non-hydrogen) atoms. The molecule has 86 valence electrons. The Hall–Kier alpha value is -0.870. The average molecular weight is 211 g/mol. The Morgan fingerprint density at radius 3 is 2.73 bits per heavy atom. The van der Waals surface area contributed by atoms with Crippen molar-refractivity contribution in [3.05, 3.63) is 18.2 Å². The third-order valence-corrected chi connectivity index (χ3v) is 2.73. The molecule has 1 unspecified atom stereocenters. The van der Waals surface area contributed by atoms with Crippen LogP contribution >= 0.6 is 0 Å². The third-order valence-electron chi connectivity index (χ3n) is 2.73. The molecule has 2 N–H and O–H groups in total. The van der Waals surface area contributed by atoms with Crippen molar-refractivity contribution < 1.29 is 4.74 Å². The Morgan fingerprint density at radius 2 is 2.27 bits per heavy atom. The predicted molar refractivity (Wildman–Crippen MR) is 60.6 cm³/mol. The molecule has 4 nitrogen and oxygen atoms in total. The molecule has 0 amide bonds. The van der Waals surface area contributed by atoms with E-state index in [1.807, 2.05) is 38.6 Å². The fraction of sp³-hybridized carbons (Fsp3) is 0.727. The van der Waals surface area contributed by atoms with Gasteiger partial charge >= 0.3 is 0 Å². The molecule has 0 aliphatic carbocycles. The maximum absolute atomic E-state index is 6.12. The van der Waals surface area contributed by atoms with Gasteiger partial charge < -0.3 is 15.0 Å². The second-order valence-corrected chi connectivity index (χ2v) is 4.30. The van der Waals surface area contributed by atoms with Crippen LogP contribution < -0.4 is 5.73 Å². The Kier molecular flexibility index (Phi) is 3.88. The van der Waals surface area contributed by atoms with E-state index in [0.29, 0.717) is 6.61 Å². The third kappa shape index (κ3) is 3.04. The molecule has 1 heterocycles. The lowest BCUT2D eigenvalue weighted by Gasteiger charge is -2.31. The Morgan fingerprint density at radius 1 is 1.60 bits per heavy atom. The standard InChI is InChI=1S/C11H21N3O/c1-5-15-11(2,3)9(12)8-10-13-6-7-14(10)4/h6-7,9H,5,8,12H2,1-4H3. The second-order valence-electron chi connectivity index (χ2n) is 4.30. The maximum Gasteiger partial charge on any atom is 0.110 e. The molecular weight excluding hydrogens is 190 g/mol. The molecule has 1 aromatic heterocycles. The quantitative estimate of drug-likeness (QED) is 0.793. The number of ether oxygens (including phenoxy) is 1. The fourth-order valence-electron chi connectivity index (χ4n) is 1.51. The van der Waals surface area contributed by atoms with Gasteiger partial charge in [0.1, 0.15) is 5.82 Å². The number of nitrogens with zero attached hydrogens (tertiary/aromatic N) is 2. The molecule has 1 atom stereocenters. The lowest BCUT2D eigenvalue weighted by Crippen LogP contribution is -2.47. The van der Waals surface area contributed by atoms with Gasteiger partial charge in [-0.25, -0.2) is 4.98 Å². The summed E-state index contributed by atoms with van der Waals surface area (Å²) in [6.45, 7) is 6.70. The minimum absolute atomic E-state index is 0.0430. The van der Waals surface area contributed by atoms with Gasteiger partial charge in [-0.3, -0.25) is 0 Å². The second kappa shape index (κ2) is 4.77. The number of hydrogen-bond donors (Lipinski definition) is 1. The predicted octanol–water partition coefficient (Wildman–Crippen LogP) is 1.10. The van der Waals surface area contributed by atoms with E-state index in [9.17, 15) is 0 Å². The van der Waals surface area contributed by atoms with Crippen molar-refractivity contribution in [3.8, 4) is 0 Å². The summed E-state index contributed by atoms with van der Waals surface area (Å²) in [5.74, 6) is 0.996. The Bertz CT molecular complexity index is 307. The highest BCUT2D eigenvalue weighted by atomic mass is 16.5. The average Bonchev–Trinajstić information content (AvgIpc) is 2.52. The molecule has 0 radical (unpaired) electrons. The highest BCUT2D eigenvalue weighted by molar-refractivity contribution is 4.98. The largest absolute Gasteiger partial charge is 0.374 e. The van der Waals surface area contributed by atoms with Crippen molar-refractivity contribution in [1.29, 1.82) is 0 Å². The first kappa shape index (κ1) is 12.2. The van der Waals surface area contributed by atoms with Gasteiger partial charge in [0.2, 0.25) is 0 Å². The van der Waals surface area contributed by atoms with Crippen LogP contribution in [0.5, 0.6) is 0 Å². The van der Waals surface area contributed by atoms with E-state index in [1.165, 1.54) is 0 Å². The minimum Gasteiger partial charge on any atom is -0.374 e. The minimum atomic E-state index is -0.305. The van der Waals surface area contributed by atoms with Crippen LogP contribution in [0.1, 0.15) is 26.6 Å². The van der Waals surface area contributed by atoms with Gasteiger partial charge in [-0.1, -0.05) is 0 Å². The molecule has 0 bridgehead atoms. The van der Waals surface area contributed by atoms with Crippen molar-refractivity contribution >= 4 is 0 Å². The first-order valence-corrected chi connectivity index (χ1v) is 5.33. The van der Waals surface area contributed by atoms with Crippen molar-refractivity contribution in [2.24, 2.45) is 12.8 Å². The normalized spacial score (nSPS) is 14.2. The van der Waals surface area contributed by atoms with Gasteiger partial charge in [-0.2, -0.15) is 0 Å². The van der Waals surface area contributed by atoms with Gasteiger partial charge in [0.15, 0.2) is 0 Å². The van der Waals surface area contributed by atoms with Crippen molar-refractivity contribution in [3.63, 3.8) is 0 Å². The monoisotopic (exact) mass is 211 g/mol. The van der Waals surface area contributed by atoms with Gasteiger partial charge in [0.25, 0.3) is 0 Å². The van der Waals surface area contributed by atoms with Crippen LogP contribution in [0.2, 0.25) is 0 Å². The first-order valence-electron chi connectivity index (χ1n) is 5.33. The van der Waals surface area contributed by atoms with Gasteiger partial charge in [0, 0.05) is 38.5 Å². The number of aromatic nitrogens is 2.